The highest BCUT2D eigenvalue weighted by Crippen LogP contribution is 2.23. The van der Waals surface area contributed by atoms with E-state index >= 15 is 0 Å². The summed E-state index contributed by atoms with van der Waals surface area (Å²) in [6.07, 6.45) is 2.33. The lowest BCUT2D eigenvalue weighted by Crippen LogP contribution is -2.38. The lowest BCUT2D eigenvalue weighted by atomic mass is 9.96. The quantitative estimate of drug-likeness (QED) is 0.599. The molecule has 0 N–H and O–H groups in total. The van der Waals surface area contributed by atoms with E-state index in [1.165, 1.54) is 22.3 Å². The Labute approximate surface area is 183 Å². The largest absolute Gasteiger partial charge is 0.444 e. The zero-order chi connectivity index (χ0) is 22.0. The number of hydrogen-bond donors (Lipinski definition) is 0. The molecule has 0 saturated heterocycles. The average molecular weight is 420 g/mol. The zero-order valence-electron chi connectivity index (χ0n) is 18.6. The Hall–Kier alpha value is -3.15. The highest BCUT2D eigenvalue weighted by atomic mass is 16.6. The van der Waals surface area contributed by atoms with Crippen LogP contribution >= 0.6 is 0 Å². The number of benzene rings is 2. The molecule has 2 aromatic carbocycles. The third kappa shape index (κ3) is 5.32. The lowest BCUT2D eigenvalue weighted by Gasteiger charge is -2.26. The molecule has 1 aliphatic rings. The molecule has 0 bridgehead atoms. The summed E-state index contributed by atoms with van der Waals surface area (Å²) >= 11 is 0. The molecule has 1 aromatic heterocycles. The third-order valence-electron chi connectivity index (χ3n) is 5.36. The molecule has 1 amide bonds. The first kappa shape index (κ1) is 21.1. The minimum atomic E-state index is -0.471. The fraction of sp³-hybridized carbons (Fsp3) is 0.400. The Bertz CT molecular complexity index is 1060. The maximum absolute atomic E-state index is 12.4. The number of hydrogen-bond acceptors (Lipinski definition) is 5. The molecule has 4 rings (SSSR count). The van der Waals surface area contributed by atoms with Gasteiger partial charge in [0, 0.05) is 18.7 Å². The number of carbonyl (C=O) groups excluding carboxylic acids is 1. The van der Waals surface area contributed by atoms with Crippen molar-refractivity contribution in [2.75, 3.05) is 13.1 Å². The van der Waals surface area contributed by atoms with Crippen molar-refractivity contribution in [2.24, 2.45) is 0 Å². The Morgan fingerprint density at radius 3 is 2.35 bits per heavy atom. The second-order valence-electron chi connectivity index (χ2n) is 9.09. The van der Waals surface area contributed by atoms with Crippen molar-refractivity contribution < 1.29 is 14.1 Å². The Morgan fingerprint density at radius 2 is 1.71 bits per heavy atom. The Kier molecular flexibility index (Phi) is 5.81. The predicted molar refractivity (Wildman–Crippen MR) is 119 cm³/mol. The molecular formula is C25H29N3O3. The van der Waals surface area contributed by atoms with Crippen LogP contribution in [0.25, 0.3) is 11.5 Å². The molecule has 0 fully saturated rings. The molecule has 0 aliphatic carbocycles. The van der Waals surface area contributed by atoms with E-state index in [1.807, 2.05) is 44.7 Å². The molecule has 0 unspecified atom stereocenters. The maximum atomic E-state index is 12.4. The topological polar surface area (TPSA) is 68.5 Å². The zero-order valence-corrected chi connectivity index (χ0v) is 18.6. The maximum Gasteiger partial charge on any atom is 0.410 e. The van der Waals surface area contributed by atoms with Crippen LogP contribution in [-0.4, -0.2) is 39.8 Å². The van der Waals surface area contributed by atoms with Crippen molar-refractivity contribution in [3.63, 3.8) is 0 Å². The first-order valence-corrected chi connectivity index (χ1v) is 10.7. The first-order valence-electron chi connectivity index (χ1n) is 10.7. The monoisotopic (exact) mass is 419 g/mol. The predicted octanol–water partition coefficient (Wildman–Crippen LogP) is 4.97. The van der Waals surface area contributed by atoms with Gasteiger partial charge in [-0.05, 0) is 81.3 Å². The average Bonchev–Trinajstić information content (AvgIpc) is 3.03. The summed E-state index contributed by atoms with van der Waals surface area (Å²) in [5, 5.41) is 3.85. The smallest absolute Gasteiger partial charge is 0.410 e. The van der Waals surface area contributed by atoms with Gasteiger partial charge in [-0.2, -0.15) is 4.98 Å². The molecule has 3 aromatic rings. The molecule has 1 aliphatic heterocycles. The van der Waals surface area contributed by atoms with E-state index in [9.17, 15) is 4.79 Å². The van der Waals surface area contributed by atoms with Crippen LogP contribution in [0.2, 0.25) is 0 Å². The van der Waals surface area contributed by atoms with Crippen molar-refractivity contribution >= 4 is 6.09 Å². The minimum absolute atomic E-state index is 0.225. The van der Waals surface area contributed by atoms with Gasteiger partial charge >= 0.3 is 6.09 Å². The summed E-state index contributed by atoms with van der Waals surface area (Å²) in [7, 11) is 0. The number of aromatic nitrogens is 2. The molecule has 162 valence electrons. The molecule has 31 heavy (non-hydrogen) atoms. The van der Waals surface area contributed by atoms with Gasteiger partial charge in [0.1, 0.15) is 5.60 Å². The van der Waals surface area contributed by atoms with Crippen molar-refractivity contribution in [2.45, 2.75) is 52.6 Å². The van der Waals surface area contributed by atoms with Gasteiger partial charge in [0.05, 0.1) is 0 Å². The second-order valence-corrected chi connectivity index (χ2v) is 9.09. The molecule has 6 nitrogen and oxygen atoms in total. The summed E-state index contributed by atoms with van der Waals surface area (Å²) in [5.74, 6) is 1.18. The van der Waals surface area contributed by atoms with Gasteiger partial charge < -0.3 is 14.2 Å². The van der Waals surface area contributed by atoms with Gasteiger partial charge in [-0.3, -0.25) is 0 Å². The number of nitrogens with zero attached hydrogens (tertiary/aromatic N) is 3. The fourth-order valence-corrected chi connectivity index (χ4v) is 3.81. The fourth-order valence-electron chi connectivity index (χ4n) is 3.81. The van der Waals surface area contributed by atoms with Crippen LogP contribution in [0, 0.1) is 6.92 Å². The van der Waals surface area contributed by atoms with E-state index in [-0.39, 0.29) is 6.09 Å². The summed E-state index contributed by atoms with van der Waals surface area (Å²) in [5.41, 5.74) is 5.59. The molecule has 0 spiro atoms. The third-order valence-corrected chi connectivity index (χ3v) is 5.36. The van der Waals surface area contributed by atoms with E-state index in [2.05, 4.69) is 40.5 Å². The normalized spacial score (nSPS) is 14.1. The van der Waals surface area contributed by atoms with Crippen LogP contribution < -0.4 is 0 Å². The highest BCUT2D eigenvalue weighted by molar-refractivity contribution is 5.68. The molecule has 0 atom stereocenters. The van der Waals surface area contributed by atoms with Gasteiger partial charge in [-0.15, -0.1) is 0 Å². The Morgan fingerprint density at radius 1 is 1.03 bits per heavy atom. The standard InChI is InChI=1S/C25H29N3O3/c1-17-26-23(31-27-17)21-9-5-18(6-10-21)15-19-7-8-20-11-13-28(14-12-22(20)16-19)24(29)30-25(2,3)4/h5-10,16H,11-15H2,1-4H3. The lowest BCUT2D eigenvalue weighted by molar-refractivity contribution is 0.0258. The molecule has 0 saturated carbocycles. The van der Waals surface area contributed by atoms with E-state index < -0.39 is 5.60 Å². The van der Waals surface area contributed by atoms with Crippen LogP contribution in [-0.2, 0) is 24.0 Å². The summed E-state index contributed by atoms with van der Waals surface area (Å²) in [6.45, 7) is 8.89. The molecule has 2 heterocycles. The minimum Gasteiger partial charge on any atom is -0.444 e. The van der Waals surface area contributed by atoms with E-state index in [4.69, 9.17) is 9.26 Å². The highest BCUT2D eigenvalue weighted by Gasteiger charge is 2.24. The number of ether oxygens (including phenoxy) is 1. The van der Waals surface area contributed by atoms with Gasteiger partial charge in [0.15, 0.2) is 5.82 Å². The van der Waals surface area contributed by atoms with Crippen LogP contribution in [0.3, 0.4) is 0 Å². The summed E-state index contributed by atoms with van der Waals surface area (Å²) < 4.78 is 10.8. The van der Waals surface area contributed by atoms with Gasteiger partial charge in [0.2, 0.25) is 0 Å². The Balaban J connectivity index is 1.42. The molecule has 6 heteroatoms. The van der Waals surface area contributed by atoms with Crippen molar-refractivity contribution in [1.29, 1.82) is 0 Å². The van der Waals surface area contributed by atoms with Gasteiger partial charge in [-0.1, -0.05) is 35.5 Å². The van der Waals surface area contributed by atoms with Crippen LogP contribution in [0.4, 0.5) is 4.79 Å². The summed E-state index contributed by atoms with van der Waals surface area (Å²) in [4.78, 5) is 18.5. The number of fused-ring (bicyclic) bond motifs is 1. The second kappa shape index (κ2) is 8.53. The number of amides is 1. The van der Waals surface area contributed by atoms with Crippen molar-refractivity contribution in [3.8, 4) is 11.5 Å². The van der Waals surface area contributed by atoms with E-state index in [1.54, 1.807) is 0 Å². The SMILES string of the molecule is Cc1noc(-c2ccc(Cc3ccc4c(c3)CCN(C(=O)OC(C)(C)C)CC4)cc2)n1. The first-order chi connectivity index (χ1) is 14.8. The summed E-state index contributed by atoms with van der Waals surface area (Å²) in [6, 6.07) is 14.9. The molecule has 0 radical (unpaired) electrons. The van der Waals surface area contributed by atoms with E-state index in [0.29, 0.717) is 24.8 Å². The number of rotatable bonds is 3. The van der Waals surface area contributed by atoms with Crippen LogP contribution in [0.1, 0.15) is 48.8 Å². The van der Waals surface area contributed by atoms with Gasteiger partial charge in [0.25, 0.3) is 5.89 Å². The molecular weight excluding hydrogens is 390 g/mol. The van der Waals surface area contributed by atoms with E-state index in [0.717, 1.165) is 24.8 Å². The van der Waals surface area contributed by atoms with Crippen molar-refractivity contribution in [3.05, 3.63) is 70.5 Å². The number of aryl methyl sites for hydroxylation is 1. The van der Waals surface area contributed by atoms with Crippen molar-refractivity contribution in [1.82, 2.24) is 15.0 Å². The number of carbonyl (C=O) groups is 1. The van der Waals surface area contributed by atoms with Crippen LogP contribution in [0.5, 0.6) is 0 Å². The van der Waals surface area contributed by atoms with Gasteiger partial charge in [-0.25, -0.2) is 4.79 Å². The van der Waals surface area contributed by atoms with Crippen LogP contribution in [0.15, 0.2) is 47.0 Å².